The average Bonchev–Trinajstić information content (AvgIpc) is 2.69. The van der Waals surface area contributed by atoms with Crippen molar-refractivity contribution in [3.63, 3.8) is 0 Å². The van der Waals surface area contributed by atoms with Crippen molar-refractivity contribution in [3.8, 4) is 0 Å². The summed E-state index contributed by atoms with van der Waals surface area (Å²) in [5.41, 5.74) is 5.14. The Labute approximate surface area is 181 Å². The Bertz CT molecular complexity index is 1060. The van der Waals surface area contributed by atoms with Crippen molar-refractivity contribution in [3.05, 3.63) is 81.9 Å². The van der Waals surface area contributed by atoms with Gasteiger partial charge in [0.05, 0.1) is 30.2 Å². The van der Waals surface area contributed by atoms with Crippen LogP contribution in [0.5, 0.6) is 0 Å². The number of hydrogen-bond acceptors (Lipinski definition) is 2. The summed E-state index contributed by atoms with van der Waals surface area (Å²) in [4.78, 5) is 24.1. The zero-order chi connectivity index (χ0) is 22.0. The third kappa shape index (κ3) is 4.45. The Balaban J connectivity index is 2.12. The molecule has 3 aromatic rings. The summed E-state index contributed by atoms with van der Waals surface area (Å²) in [7, 11) is -2.28. The van der Waals surface area contributed by atoms with Gasteiger partial charge in [0.15, 0.2) is 0 Å². The fraction of sp³-hybridized carbons (Fsp3) is 0.167. The Morgan fingerprint density at radius 1 is 0.633 bits per heavy atom. The topological polar surface area (TPSA) is 74.6 Å². The molecular formula is C24H26O4Si2. The third-order valence-corrected chi connectivity index (χ3v) is 10.2. The molecule has 3 aromatic carbocycles. The molecule has 0 fully saturated rings. The fourth-order valence-electron chi connectivity index (χ4n) is 3.80. The number of benzene rings is 3. The summed E-state index contributed by atoms with van der Waals surface area (Å²) < 4.78 is 0. The van der Waals surface area contributed by atoms with Crippen LogP contribution in [0.25, 0.3) is 0 Å². The van der Waals surface area contributed by atoms with Gasteiger partial charge in [0, 0.05) is 0 Å². The number of carbonyl (C=O) groups is 2. The molecule has 6 heteroatoms. The molecule has 0 aliphatic heterocycles. The quantitative estimate of drug-likeness (QED) is 0.556. The molecule has 0 aromatic heterocycles. The summed E-state index contributed by atoms with van der Waals surface area (Å²) in [5.74, 6) is -1.98. The van der Waals surface area contributed by atoms with Gasteiger partial charge in [-0.2, -0.15) is 0 Å². The van der Waals surface area contributed by atoms with E-state index in [9.17, 15) is 19.8 Å². The molecule has 0 amide bonds. The second kappa shape index (κ2) is 8.81. The average molecular weight is 435 g/mol. The summed E-state index contributed by atoms with van der Waals surface area (Å²) in [6.07, 6.45) is 0. The molecule has 0 bridgehead atoms. The van der Waals surface area contributed by atoms with Gasteiger partial charge >= 0.3 is 11.9 Å². The van der Waals surface area contributed by atoms with E-state index in [-0.39, 0.29) is 11.1 Å². The molecule has 0 saturated heterocycles. The number of rotatable bonds is 6. The van der Waals surface area contributed by atoms with Crippen LogP contribution in [0, 0.1) is 27.7 Å². The smallest absolute Gasteiger partial charge is 0.335 e. The summed E-state index contributed by atoms with van der Waals surface area (Å²) in [6, 6.07) is 15.3. The Morgan fingerprint density at radius 2 is 1.00 bits per heavy atom. The minimum Gasteiger partial charge on any atom is -0.478 e. The molecule has 3 rings (SSSR count). The highest BCUT2D eigenvalue weighted by Gasteiger charge is 2.20. The minimum absolute atomic E-state index is 0.250. The van der Waals surface area contributed by atoms with Gasteiger partial charge in [-0.3, -0.25) is 0 Å². The Morgan fingerprint density at radius 3 is 1.33 bits per heavy atom. The van der Waals surface area contributed by atoms with Gasteiger partial charge in [-0.25, -0.2) is 9.59 Å². The van der Waals surface area contributed by atoms with Crippen molar-refractivity contribution < 1.29 is 19.8 Å². The first kappa shape index (κ1) is 21.7. The number of aromatic carboxylic acids is 2. The molecule has 2 N–H and O–H groups in total. The lowest BCUT2D eigenvalue weighted by Crippen LogP contribution is -2.40. The molecule has 0 aliphatic carbocycles. The molecule has 0 unspecified atom stereocenters. The van der Waals surface area contributed by atoms with Gasteiger partial charge in [0.1, 0.15) is 0 Å². The van der Waals surface area contributed by atoms with E-state index in [0.717, 1.165) is 32.6 Å². The first-order chi connectivity index (χ1) is 14.2. The third-order valence-electron chi connectivity index (χ3n) is 5.99. The van der Waals surface area contributed by atoms with E-state index in [2.05, 4.69) is 0 Å². The van der Waals surface area contributed by atoms with E-state index in [1.54, 1.807) is 12.1 Å². The van der Waals surface area contributed by atoms with Crippen LogP contribution in [0.3, 0.4) is 0 Å². The summed E-state index contributed by atoms with van der Waals surface area (Å²) >= 11 is 0. The van der Waals surface area contributed by atoms with Crippen LogP contribution in [0.4, 0.5) is 0 Å². The second-order valence-electron chi connectivity index (χ2n) is 7.85. The van der Waals surface area contributed by atoms with E-state index in [4.69, 9.17) is 0 Å². The van der Waals surface area contributed by atoms with Gasteiger partial charge in [-0.15, -0.1) is 0 Å². The maximum atomic E-state index is 12.1. The van der Waals surface area contributed by atoms with Crippen molar-refractivity contribution in [1.82, 2.24) is 0 Å². The van der Waals surface area contributed by atoms with Crippen LogP contribution in [-0.2, 0) is 0 Å². The predicted octanol–water partition coefficient (Wildman–Crippen LogP) is 0.556. The molecule has 0 heterocycles. The van der Waals surface area contributed by atoms with Crippen LogP contribution < -0.4 is 20.7 Å². The van der Waals surface area contributed by atoms with Gasteiger partial charge in [0.2, 0.25) is 0 Å². The number of aryl methyl sites for hydroxylation is 2. The summed E-state index contributed by atoms with van der Waals surface area (Å²) in [6.45, 7) is 8.15. The zero-order valence-electron chi connectivity index (χ0n) is 17.7. The van der Waals surface area contributed by atoms with Gasteiger partial charge in [0.25, 0.3) is 0 Å². The largest absolute Gasteiger partial charge is 0.478 e. The van der Waals surface area contributed by atoms with Crippen molar-refractivity contribution in [2.24, 2.45) is 0 Å². The second-order valence-corrected chi connectivity index (χ2v) is 11.6. The van der Waals surface area contributed by atoms with Crippen LogP contribution in [0.1, 0.15) is 43.0 Å². The van der Waals surface area contributed by atoms with Gasteiger partial charge < -0.3 is 10.2 Å². The van der Waals surface area contributed by atoms with Crippen LogP contribution >= 0.6 is 0 Å². The van der Waals surface area contributed by atoms with E-state index in [0.29, 0.717) is 10.4 Å². The molecule has 0 atom stereocenters. The first-order valence-electron chi connectivity index (χ1n) is 9.91. The van der Waals surface area contributed by atoms with Gasteiger partial charge in [-0.05, 0) is 72.5 Å². The maximum Gasteiger partial charge on any atom is 0.335 e. The molecular weight excluding hydrogens is 408 g/mol. The normalized spacial score (nSPS) is 11.6. The fourth-order valence-corrected chi connectivity index (χ4v) is 7.71. The standard InChI is InChI=1S/C24H26O4Si2/c1-13-7-5-9-19(15(13)3)29-21-11-18(24(27)28)22(12-17(21)23(25)26)30-20-10-6-8-14(2)16(20)4/h5-12H,29-30H2,1-4H3,(H,25,26)(H,27,28). The van der Waals surface area contributed by atoms with Crippen molar-refractivity contribution in [2.75, 3.05) is 0 Å². The lowest BCUT2D eigenvalue weighted by atomic mass is 10.1. The lowest BCUT2D eigenvalue weighted by molar-refractivity contribution is 0.0683. The van der Waals surface area contributed by atoms with Crippen LogP contribution in [-0.4, -0.2) is 41.2 Å². The van der Waals surface area contributed by atoms with E-state index in [1.165, 1.54) is 0 Å². The lowest BCUT2D eigenvalue weighted by Gasteiger charge is -2.15. The summed E-state index contributed by atoms with van der Waals surface area (Å²) in [5, 5.41) is 23.4. The molecule has 0 spiro atoms. The highest BCUT2D eigenvalue weighted by molar-refractivity contribution is 6.71. The molecule has 4 nitrogen and oxygen atoms in total. The predicted molar refractivity (Wildman–Crippen MR) is 128 cm³/mol. The van der Waals surface area contributed by atoms with E-state index >= 15 is 0 Å². The SMILES string of the molecule is Cc1cccc([SiH2]c2cc(C(=O)O)c([SiH2]c3cccc(C)c3C)cc2C(=O)O)c1C. The minimum atomic E-state index is -1.14. The number of carboxylic acid groups (broad SMARTS) is 2. The van der Waals surface area contributed by atoms with Gasteiger partial charge in [-0.1, -0.05) is 46.8 Å². The van der Waals surface area contributed by atoms with Crippen LogP contribution in [0.15, 0.2) is 48.5 Å². The van der Waals surface area contributed by atoms with Crippen molar-refractivity contribution in [2.45, 2.75) is 27.7 Å². The highest BCUT2D eigenvalue weighted by Crippen LogP contribution is 2.06. The molecule has 30 heavy (non-hydrogen) atoms. The monoisotopic (exact) mass is 434 g/mol. The maximum absolute atomic E-state index is 12.1. The highest BCUT2D eigenvalue weighted by atomic mass is 28.2. The molecule has 0 aliphatic rings. The van der Waals surface area contributed by atoms with Crippen molar-refractivity contribution in [1.29, 1.82) is 0 Å². The zero-order valence-corrected chi connectivity index (χ0v) is 20.6. The van der Waals surface area contributed by atoms with E-state index in [1.807, 2.05) is 64.1 Å². The Hall–Kier alpha value is -2.97. The van der Waals surface area contributed by atoms with Crippen LogP contribution in [0.2, 0.25) is 0 Å². The molecule has 0 radical (unpaired) electrons. The number of carboxylic acids is 2. The number of hydrogen-bond donors (Lipinski definition) is 2. The first-order valence-corrected chi connectivity index (χ1v) is 12.7. The van der Waals surface area contributed by atoms with Crippen molar-refractivity contribution >= 4 is 51.7 Å². The molecule has 154 valence electrons. The molecule has 0 saturated carbocycles. The van der Waals surface area contributed by atoms with E-state index < -0.39 is 31.0 Å². The Kier molecular flexibility index (Phi) is 6.38.